The molecule has 1 aromatic carbocycles. The zero-order chi connectivity index (χ0) is 25.3. The molecule has 0 unspecified atom stereocenters. The lowest BCUT2D eigenvalue weighted by molar-refractivity contribution is -0.274. The summed E-state index contributed by atoms with van der Waals surface area (Å²) < 4.78 is 47.2. The molecule has 0 saturated carbocycles. The summed E-state index contributed by atoms with van der Waals surface area (Å²) in [6.07, 6.45) is -0.851. The third-order valence-electron chi connectivity index (χ3n) is 6.59. The molecule has 0 radical (unpaired) electrons. The van der Waals surface area contributed by atoms with E-state index in [1.54, 1.807) is 11.1 Å². The standard InChI is InChI=1S/C24H27F3N6O3/c25-24(26,27)36-15-2-3-17(18(28)12-15)23(34)33-9-5-14(6-10-33)16-4-8-30-22-20(16)31-21(32-22)19-13-29-7-1-11-35-19/h2-4,8,12,14,19,29H,1,5-7,9-11,13,28H2,(H,30,31,32)/t19-/m1/s1. The second-order valence-electron chi connectivity index (χ2n) is 9.00. The van der Waals surface area contributed by atoms with Gasteiger partial charge in [-0.2, -0.15) is 0 Å². The van der Waals surface area contributed by atoms with Gasteiger partial charge in [0.15, 0.2) is 5.65 Å². The number of hydrogen-bond acceptors (Lipinski definition) is 7. The number of rotatable bonds is 4. The van der Waals surface area contributed by atoms with E-state index < -0.39 is 12.1 Å². The van der Waals surface area contributed by atoms with Gasteiger partial charge in [-0.05, 0) is 55.5 Å². The molecular weight excluding hydrogens is 477 g/mol. The Kier molecular flexibility index (Phi) is 6.71. The van der Waals surface area contributed by atoms with Crippen LogP contribution in [0.2, 0.25) is 0 Å². The number of fused-ring (bicyclic) bond motifs is 1. The van der Waals surface area contributed by atoms with Crippen LogP contribution in [0.15, 0.2) is 30.5 Å². The van der Waals surface area contributed by atoms with Crippen LogP contribution in [0, 0.1) is 0 Å². The van der Waals surface area contributed by atoms with Crippen molar-refractivity contribution in [3.05, 3.63) is 47.4 Å². The fraction of sp³-hybridized carbons (Fsp3) is 0.458. The molecular formula is C24H27F3N6O3. The molecule has 0 spiro atoms. The van der Waals surface area contributed by atoms with Gasteiger partial charge in [0.05, 0.1) is 5.56 Å². The van der Waals surface area contributed by atoms with Crippen LogP contribution in [0.5, 0.6) is 5.75 Å². The Labute approximate surface area is 205 Å². The summed E-state index contributed by atoms with van der Waals surface area (Å²) in [5, 5.41) is 3.36. The summed E-state index contributed by atoms with van der Waals surface area (Å²) >= 11 is 0. The average Bonchev–Trinajstić information content (AvgIpc) is 3.09. The topological polar surface area (TPSA) is 118 Å². The van der Waals surface area contributed by atoms with E-state index in [1.165, 1.54) is 6.07 Å². The molecule has 192 valence electrons. The minimum absolute atomic E-state index is 0.0565. The van der Waals surface area contributed by atoms with Gasteiger partial charge in [-0.1, -0.05) is 0 Å². The Morgan fingerprint density at radius 1 is 1.22 bits per heavy atom. The van der Waals surface area contributed by atoms with Crippen molar-refractivity contribution in [3.63, 3.8) is 0 Å². The highest BCUT2D eigenvalue weighted by Gasteiger charge is 2.32. The van der Waals surface area contributed by atoms with E-state index in [1.807, 2.05) is 6.07 Å². The number of carbonyl (C=O) groups is 1. The van der Waals surface area contributed by atoms with Gasteiger partial charge in [0.2, 0.25) is 0 Å². The van der Waals surface area contributed by atoms with Crippen molar-refractivity contribution in [2.45, 2.75) is 37.6 Å². The van der Waals surface area contributed by atoms with Gasteiger partial charge in [0.1, 0.15) is 23.2 Å². The Morgan fingerprint density at radius 3 is 2.78 bits per heavy atom. The van der Waals surface area contributed by atoms with Crippen LogP contribution in [0.4, 0.5) is 18.9 Å². The van der Waals surface area contributed by atoms with Gasteiger partial charge in [0.25, 0.3) is 5.91 Å². The van der Waals surface area contributed by atoms with Gasteiger partial charge in [-0.3, -0.25) is 4.79 Å². The smallest absolute Gasteiger partial charge is 0.406 e. The third-order valence-corrected chi connectivity index (χ3v) is 6.59. The maximum atomic E-state index is 13.0. The lowest BCUT2D eigenvalue weighted by atomic mass is 9.89. The SMILES string of the molecule is Nc1cc(OC(F)(F)F)ccc1C(=O)N1CCC(c2ccnc3[nH]c([C@H]4CNCCCO4)nc23)CC1. The number of nitrogen functional groups attached to an aromatic ring is 1. The summed E-state index contributed by atoms with van der Waals surface area (Å²) in [4.78, 5) is 27.3. The summed E-state index contributed by atoms with van der Waals surface area (Å²) in [5.74, 6) is 0.161. The Hall–Kier alpha value is -3.38. The predicted octanol–water partition coefficient (Wildman–Crippen LogP) is 3.51. The highest BCUT2D eigenvalue weighted by molar-refractivity contribution is 5.99. The number of piperidine rings is 1. The maximum absolute atomic E-state index is 13.0. The average molecular weight is 505 g/mol. The Balaban J connectivity index is 1.27. The monoisotopic (exact) mass is 504 g/mol. The lowest BCUT2D eigenvalue weighted by Crippen LogP contribution is -2.38. The second kappa shape index (κ2) is 9.94. The number of anilines is 1. The molecule has 12 heteroatoms. The number of aromatic nitrogens is 3. The number of pyridine rings is 1. The van der Waals surface area contributed by atoms with Gasteiger partial charge in [-0.25, -0.2) is 9.97 Å². The van der Waals surface area contributed by atoms with E-state index in [9.17, 15) is 18.0 Å². The molecule has 2 aromatic heterocycles. The second-order valence-corrected chi connectivity index (χ2v) is 9.00. The van der Waals surface area contributed by atoms with Crippen LogP contribution >= 0.6 is 0 Å². The van der Waals surface area contributed by atoms with Crippen molar-refractivity contribution in [1.29, 1.82) is 0 Å². The third kappa shape index (κ3) is 5.24. The molecule has 4 N–H and O–H groups in total. The molecule has 0 aliphatic carbocycles. The maximum Gasteiger partial charge on any atom is 0.573 e. The number of nitrogens with zero attached hydrogens (tertiary/aromatic N) is 3. The number of aromatic amines is 1. The number of hydrogen-bond donors (Lipinski definition) is 3. The van der Waals surface area contributed by atoms with E-state index >= 15 is 0 Å². The molecule has 0 bridgehead atoms. The van der Waals surface area contributed by atoms with Crippen LogP contribution < -0.4 is 15.8 Å². The molecule has 2 aliphatic heterocycles. The Morgan fingerprint density at radius 2 is 2.03 bits per heavy atom. The lowest BCUT2D eigenvalue weighted by Gasteiger charge is -2.32. The molecule has 9 nitrogen and oxygen atoms in total. The van der Waals surface area contributed by atoms with Crippen LogP contribution in [0.25, 0.3) is 11.2 Å². The first-order chi connectivity index (χ1) is 17.3. The molecule has 2 aliphatic rings. The molecule has 4 heterocycles. The molecule has 1 atom stereocenters. The summed E-state index contributed by atoms with van der Waals surface area (Å²) in [6, 6.07) is 5.36. The largest absolute Gasteiger partial charge is 0.573 e. The van der Waals surface area contributed by atoms with Gasteiger partial charge >= 0.3 is 6.36 Å². The van der Waals surface area contributed by atoms with E-state index in [2.05, 4.69) is 20.0 Å². The Bertz CT molecular complexity index is 1230. The summed E-state index contributed by atoms with van der Waals surface area (Å²) in [6.45, 7) is 3.24. The highest BCUT2D eigenvalue weighted by atomic mass is 19.4. The minimum atomic E-state index is -4.83. The number of nitrogens with two attached hydrogens (primary N) is 1. The van der Waals surface area contributed by atoms with Crippen molar-refractivity contribution in [2.24, 2.45) is 0 Å². The number of likely N-dealkylation sites (tertiary alicyclic amines) is 1. The van der Waals surface area contributed by atoms with Crippen LogP contribution in [0.3, 0.4) is 0 Å². The molecule has 2 saturated heterocycles. The van der Waals surface area contributed by atoms with Gasteiger partial charge in [-0.15, -0.1) is 13.2 Å². The van der Waals surface area contributed by atoms with Crippen molar-refractivity contribution < 1.29 is 27.4 Å². The van der Waals surface area contributed by atoms with Crippen LogP contribution in [-0.2, 0) is 4.74 Å². The number of nitrogens with one attached hydrogen (secondary N) is 2. The molecule has 1 amide bonds. The van der Waals surface area contributed by atoms with Crippen molar-refractivity contribution >= 4 is 22.8 Å². The van der Waals surface area contributed by atoms with E-state index in [0.717, 1.165) is 42.0 Å². The number of ether oxygens (including phenoxy) is 2. The number of imidazole rings is 1. The molecule has 5 rings (SSSR count). The zero-order valence-electron chi connectivity index (χ0n) is 19.5. The predicted molar refractivity (Wildman–Crippen MR) is 125 cm³/mol. The van der Waals surface area contributed by atoms with Gasteiger partial charge < -0.3 is 30.4 Å². The number of amides is 1. The minimum Gasteiger partial charge on any atom is -0.406 e. The van der Waals surface area contributed by atoms with E-state index in [0.29, 0.717) is 44.7 Å². The fourth-order valence-corrected chi connectivity index (χ4v) is 4.82. The first kappa shape index (κ1) is 24.3. The number of halogens is 3. The number of H-pyrrole nitrogens is 1. The zero-order valence-corrected chi connectivity index (χ0v) is 19.5. The van der Waals surface area contributed by atoms with E-state index in [4.69, 9.17) is 15.5 Å². The first-order valence-corrected chi connectivity index (χ1v) is 11.9. The highest BCUT2D eigenvalue weighted by Crippen LogP contribution is 2.34. The number of carbonyl (C=O) groups excluding carboxylic acids is 1. The quantitative estimate of drug-likeness (QED) is 0.466. The van der Waals surface area contributed by atoms with Crippen molar-refractivity contribution in [3.8, 4) is 5.75 Å². The molecule has 3 aromatic rings. The van der Waals surface area contributed by atoms with Crippen molar-refractivity contribution in [1.82, 2.24) is 25.2 Å². The van der Waals surface area contributed by atoms with Crippen LogP contribution in [-0.4, -0.2) is 64.9 Å². The first-order valence-electron chi connectivity index (χ1n) is 11.9. The van der Waals surface area contributed by atoms with Gasteiger partial charge in [0, 0.05) is 44.2 Å². The number of benzene rings is 1. The summed E-state index contributed by atoms with van der Waals surface area (Å²) in [7, 11) is 0. The van der Waals surface area contributed by atoms with Crippen molar-refractivity contribution in [2.75, 3.05) is 38.5 Å². The normalized spacial score (nSPS) is 19.9. The van der Waals surface area contributed by atoms with Crippen LogP contribution in [0.1, 0.15) is 53.0 Å². The summed E-state index contributed by atoms with van der Waals surface area (Å²) in [5.41, 5.74) is 8.57. The molecule has 36 heavy (non-hydrogen) atoms. The molecule has 2 fully saturated rings. The number of alkyl halides is 3. The fourth-order valence-electron chi connectivity index (χ4n) is 4.82. The van der Waals surface area contributed by atoms with E-state index in [-0.39, 0.29) is 29.2 Å².